The number of aliphatic carboxylic acids is 2. The maximum absolute atomic E-state index is 15.7. The smallest absolute Gasteiger partial charge is 0.323 e. The minimum atomic E-state index is -1.21. The van der Waals surface area contributed by atoms with E-state index in [1.165, 1.54) is 31.5 Å². The van der Waals surface area contributed by atoms with Gasteiger partial charge in [0, 0.05) is 46.7 Å². The van der Waals surface area contributed by atoms with Gasteiger partial charge in [-0.15, -0.1) is 0 Å². The van der Waals surface area contributed by atoms with Crippen molar-refractivity contribution < 1.29 is 43.9 Å². The second-order valence-corrected chi connectivity index (χ2v) is 11.9. The number of hydrogen-bond acceptors (Lipinski definition) is 9. The molecule has 1 heterocycles. The third-order valence-electron chi connectivity index (χ3n) is 8.29. The van der Waals surface area contributed by atoms with Gasteiger partial charge in [-0.05, 0) is 65.9 Å². The number of pyridine rings is 1. The van der Waals surface area contributed by atoms with Gasteiger partial charge in [0.15, 0.2) is 0 Å². The molecule has 51 heavy (non-hydrogen) atoms. The SMILES string of the molecule is COc1cc(/C(F)=C/c2cccc(-c3cccc(NC(=O)c4cc(Cl)c(CN[C@H](CO)C(=O)O)cn4)c3C)c2C)ccc1CN[C@H](CO)C(=O)O. The van der Waals surface area contributed by atoms with Crippen molar-refractivity contribution in [3.05, 3.63) is 111 Å². The van der Waals surface area contributed by atoms with Crippen molar-refractivity contribution in [3.8, 4) is 16.9 Å². The van der Waals surface area contributed by atoms with Crippen LogP contribution in [0.15, 0.2) is 66.9 Å². The predicted molar refractivity (Wildman–Crippen MR) is 191 cm³/mol. The average Bonchev–Trinajstić information content (AvgIpc) is 3.11. The molecular formula is C37H38ClFN4O8. The molecule has 0 aliphatic carbocycles. The highest BCUT2D eigenvalue weighted by atomic mass is 35.5. The number of halogens is 2. The quantitative estimate of drug-likeness (QED) is 0.0786. The van der Waals surface area contributed by atoms with Crippen LogP contribution in [0.4, 0.5) is 10.1 Å². The van der Waals surface area contributed by atoms with Gasteiger partial charge in [0.05, 0.1) is 20.3 Å². The van der Waals surface area contributed by atoms with Gasteiger partial charge in [-0.1, -0.05) is 54.1 Å². The molecular weight excluding hydrogens is 683 g/mol. The van der Waals surface area contributed by atoms with Crippen LogP contribution < -0.4 is 20.7 Å². The second kappa shape index (κ2) is 17.7. The largest absolute Gasteiger partial charge is 0.496 e. The molecule has 268 valence electrons. The summed E-state index contributed by atoms with van der Waals surface area (Å²) < 4.78 is 21.1. The molecule has 0 radical (unpaired) electrons. The number of carbonyl (C=O) groups is 3. The number of amides is 1. The Morgan fingerprint density at radius 1 is 0.882 bits per heavy atom. The minimum absolute atomic E-state index is 0.0186. The molecule has 0 bridgehead atoms. The zero-order chi connectivity index (χ0) is 37.2. The highest BCUT2D eigenvalue weighted by Gasteiger charge is 2.19. The normalized spacial score (nSPS) is 12.6. The zero-order valence-electron chi connectivity index (χ0n) is 28.0. The number of nitrogens with zero attached hydrogens (tertiary/aromatic N) is 1. The number of methoxy groups -OCH3 is 1. The summed E-state index contributed by atoms with van der Waals surface area (Å²) in [5.41, 5.74) is 5.66. The fraction of sp³-hybridized carbons (Fsp3) is 0.243. The number of carbonyl (C=O) groups excluding carboxylic acids is 1. The van der Waals surface area contributed by atoms with E-state index in [0.29, 0.717) is 28.1 Å². The summed E-state index contributed by atoms with van der Waals surface area (Å²) in [5, 5.41) is 45.2. The predicted octanol–water partition coefficient (Wildman–Crippen LogP) is 4.82. The number of aliphatic hydroxyl groups is 2. The molecule has 0 aliphatic heterocycles. The van der Waals surface area contributed by atoms with Crippen LogP contribution >= 0.6 is 11.6 Å². The lowest BCUT2D eigenvalue weighted by atomic mass is 9.92. The molecule has 0 aliphatic rings. The molecule has 3 aromatic carbocycles. The molecule has 0 saturated carbocycles. The van der Waals surface area contributed by atoms with E-state index in [1.54, 1.807) is 30.3 Å². The lowest BCUT2D eigenvalue weighted by Gasteiger charge is -2.16. The van der Waals surface area contributed by atoms with Crippen LogP contribution in [0, 0.1) is 13.8 Å². The van der Waals surface area contributed by atoms with Crippen LogP contribution in [0.25, 0.3) is 23.0 Å². The van der Waals surface area contributed by atoms with E-state index in [1.807, 2.05) is 32.0 Å². The summed E-state index contributed by atoms with van der Waals surface area (Å²) in [6, 6.07) is 14.7. The Kier molecular flexibility index (Phi) is 13.4. The van der Waals surface area contributed by atoms with Crippen molar-refractivity contribution in [2.24, 2.45) is 0 Å². The van der Waals surface area contributed by atoms with Gasteiger partial charge in [-0.2, -0.15) is 0 Å². The average molecular weight is 721 g/mol. The molecule has 0 spiro atoms. The molecule has 0 saturated heterocycles. The molecule has 1 amide bonds. The number of carboxylic acids is 2. The fourth-order valence-electron chi connectivity index (χ4n) is 5.25. The lowest BCUT2D eigenvalue weighted by molar-refractivity contribution is -0.141. The minimum Gasteiger partial charge on any atom is -0.496 e. The number of ether oxygens (including phenoxy) is 1. The number of aliphatic hydroxyl groups excluding tert-OH is 2. The van der Waals surface area contributed by atoms with Gasteiger partial charge < -0.3 is 30.5 Å². The topological polar surface area (TPSA) is 190 Å². The van der Waals surface area contributed by atoms with Crippen molar-refractivity contribution in [2.75, 3.05) is 25.6 Å². The fourth-order valence-corrected chi connectivity index (χ4v) is 5.47. The number of anilines is 1. The second-order valence-electron chi connectivity index (χ2n) is 11.5. The van der Waals surface area contributed by atoms with Gasteiger partial charge in [-0.3, -0.25) is 30.0 Å². The van der Waals surface area contributed by atoms with Crippen molar-refractivity contribution in [2.45, 2.75) is 39.0 Å². The maximum atomic E-state index is 15.7. The number of carboxylic acid groups (broad SMARTS) is 2. The third kappa shape index (κ3) is 9.54. The van der Waals surface area contributed by atoms with Crippen LogP contribution in [0.1, 0.15) is 43.9 Å². The first-order valence-electron chi connectivity index (χ1n) is 15.7. The molecule has 0 fully saturated rings. The summed E-state index contributed by atoms with van der Waals surface area (Å²) in [5.74, 6) is -3.09. The van der Waals surface area contributed by atoms with E-state index < -0.39 is 49.0 Å². The van der Waals surface area contributed by atoms with Crippen molar-refractivity contribution in [1.82, 2.24) is 15.6 Å². The third-order valence-corrected chi connectivity index (χ3v) is 8.65. The highest BCUT2D eigenvalue weighted by molar-refractivity contribution is 6.31. The van der Waals surface area contributed by atoms with Crippen LogP contribution in [0.3, 0.4) is 0 Å². The first kappa shape index (κ1) is 38.6. The monoisotopic (exact) mass is 720 g/mol. The first-order chi connectivity index (χ1) is 24.4. The number of rotatable bonds is 16. The van der Waals surface area contributed by atoms with E-state index in [9.17, 15) is 24.6 Å². The van der Waals surface area contributed by atoms with Crippen molar-refractivity contribution in [1.29, 1.82) is 0 Å². The lowest BCUT2D eigenvalue weighted by Crippen LogP contribution is -2.39. The molecule has 12 nitrogen and oxygen atoms in total. The van der Waals surface area contributed by atoms with Crippen LogP contribution in [0.2, 0.25) is 5.02 Å². The standard InChI is InChI=1S/C37H38ClFN4O8/c1-20-22(12-29(39)23-10-11-24(34(13-23)51-3)15-41-32(18-44)36(47)48)6-4-7-26(20)27-8-5-9-30(21(27)2)43-35(46)31-14-28(38)25(16-40-31)17-42-33(19-45)37(49)50/h4-14,16,32-33,41-42,44-45H,15,17-19H2,1-3H3,(H,43,46)(H,47,48)(H,49,50)/b29-12-/t32-,33-/m1/s1. The first-order valence-corrected chi connectivity index (χ1v) is 16.1. The van der Waals surface area contributed by atoms with Crippen molar-refractivity contribution >= 4 is 47.0 Å². The molecule has 7 N–H and O–H groups in total. The van der Waals surface area contributed by atoms with Gasteiger partial charge >= 0.3 is 11.9 Å². The summed E-state index contributed by atoms with van der Waals surface area (Å²) in [6.45, 7) is 2.64. The molecule has 14 heteroatoms. The molecule has 4 aromatic rings. The molecule has 2 atom stereocenters. The number of nitrogens with one attached hydrogen (secondary N) is 3. The number of hydrogen-bond donors (Lipinski definition) is 7. The van der Waals surface area contributed by atoms with Crippen LogP contribution in [0.5, 0.6) is 5.75 Å². The molecule has 0 unspecified atom stereocenters. The Hall–Kier alpha value is -5.18. The Labute approximate surface area is 298 Å². The van der Waals surface area contributed by atoms with Gasteiger partial charge in [0.1, 0.15) is 29.4 Å². The maximum Gasteiger partial charge on any atom is 0.323 e. The number of aromatic nitrogens is 1. The Bertz CT molecular complexity index is 1950. The Morgan fingerprint density at radius 3 is 2.08 bits per heavy atom. The van der Waals surface area contributed by atoms with Crippen LogP contribution in [-0.2, 0) is 22.7 Å². The van der Waals surface area contributed by atoms with E-state index >= 15 is 4.39 Å². The van der Waals surface area contributed by atoms with Gasteiger partial charge in [0.2, 0.25) is 0 Å². The molecule has 1 aromatic heterocycles. The number of benzene rings is 3. The molecule has 4 rings (SSSR count). The summed E-state index contributed by atoms with van der Waals surface area (Å²) in [6.07, 6.45) is 2.78. The summed E-state index contributed by atoms with van der Waals surface area (Å²) in [7, 11) is 1.43. The van der Waals surface area contributed by atoms with Crippen LogP contribution in [-0.4, -0.2) is 75.7 Å². The van der Waals surface area contributed by atoms with E-state index in [0.717, 1.165) is 22.3 Å². The van der Waals surface area contributed by atoms with Crippen molar-refractivity contribution in [3.63, 3.8) is 0 Å². The van der Waals surface area contributed by atoms with Gasteiger partial charge in [0.25, 0.3) is 5.91 Å². The Morgan fingerprint density at radius 2 is 1.49 bits per heavy atom. The summed E-state index contributed by atoms with van der Waals surface area (Å²) in [4.78, 5) is 39.7. The van der Waals surface area contributed by atoms with E-state index in [4.69, 9.17) is 26.6 Å². The van der Waals surface area contributed by atoms with E-state index in [2.05, 4.69) is 20.9 Å². The Balaban J connectivity index is 1.53. The zero-order valence-corrected chi connectivity index (χ0v) is 28.8. The van der Waals surface area contributed by atoms with Gasteiger partial charge in [-0.25, -0.2) is 4.39 Å². The van der Waals surface area contributed by atoms with E-state index in [-0.39, 0.29) is 29.4 Å². The highest BCUT2D eigenvalue weighted by Crippen LogP contribution is 2.34. The summed E-state index contributed by atoms with van der Waals surface area (Å²) >= 11 is 6.35.